The van der Waals surface area contributed by atoms with Gasteiger partial charge in [0.1, 0.15) is 0 Å². The minimum atomic E-state index is -0.131. The highest BCUT2D eigenvalue weighted by molar-refractivity contribution is 8.14. The first-order valence-electron chi connectivity index (χ1n) is 8.19. The van der Waals surface area contributed by atoms with Gasteiger partial charge >= 0.3 is 0 Å². The minimum absolute atomic E-state index is 0.131. The van der Waals surface area contributed by atoms with Gasteiger partial charge in [-0.05, 0) is 25.8 Å². The summed E-state index contributed by atoms with van der Waals surface area (Å²) in [6.07, 6.45) is 5.08. The number of amides is 1. The Labute approximate surface area is 140 Å². The van der Waals surface area contributed by atoms with Crippen LogP contribution in [0.1, 0.15) is 37.8 Å². The number of amidine groups is 1. The third-order valence-corrected chi connectivity index (χ3v) is 5.63. The summed E-state index contributed by atoms with van der Waals surface area (Å²) in [6, 6.07) is 8.43. The number of hydrogen-bond donors (Lipinski definition) is 0. The Morgan fingerprint density at radius 2 is 2.09 bits per heavy atom. The van der Waals surface area contributed by atoms with Gasteiger partial charge in [-0.15, -0.1) is 0 Å². The van der Waals surface area contributed by atoms with Crippen molar-refractivity contribution in [2.75, 3.05) is 13.1 Å². The molecule has 3 aliphatic rings. The number of fused-ring (bicyclic) bond motifs is 3. The first-order valence-corrected chi connectivity index (χ1v) is 9.07. The Morgan fingerprint density at radius 3 is 2.91 bits per heavy atom. The molecule has 1 saturated heterocycles. The molecule has 23 heavy (non-hydrogen) atoms. The lowest BCUT2D eigenvalue weighted by Crippen LogP contribution is -2.36. The van der Waals surface area contributed by atoms with Crippen molar-refractivity contribution in [1.29, 1.82) is 0 Å². The Bertz CT molecular complexity index is 681. The fraction of sp³-hybridized carbons (Fsp3) is 0.471. The number of rotatable bonds is 2. The van der Waals surface area contributed by atoms with Crippen LogP contribution in [-0.2, 0) is 4.79 Å². The number of carbonyl (C=O) groups is 1. The van der Waals surface area contributed by atoms with Crippen molar-refractivity contribution in [3.05, 3.63) is 29.8 Å². The van der Waals surface area contributed by atoms with Crippen LogP contribution in [0.3, 0.4) is 0 Å². The highest BCUT2D eigenvalue weighted by atomic mass is 32.2. The van der Waals surface area contributed by atoms with Crippen molar-refractivity contribution in [3.63, 3.8) is 0 Å². The molecular formula is C17H20N4OS. The monoisotopic (exact) mass is 328 g/mol. The van der Waals surface area contributed by atoms with Crippen molar-refractivity contribution >= 4 is 34.7 Å². The second kappa shape index (κ2) is 6.00. The molecule has 1 aromatic rings. The van der Waals surface area contributed by atoms with Crippen molar-refractivity contribution < 1.29 is 4.79 Å². The Morgan fingerprint density at radius 1 is 1.30 bits per heavy atom. The summed E-state index contributed by atoms with van der Waals surface area (Å²) in [5.74, 6) is 0.216. The van der Waals surface area contributed by atoms with Crippen molar-refractivity contribution in [1.82, 2.24) is 9.91 Å². The van der Waals surface area contributed by atoms with Gasteiger partial charge in [0, 0.05) is 31.3 Å². The molecule has 0 unspecified atom stereocenters. The van der Waals surface area contributed by atoms with Gasteiger partial charge in [-0.2, -0.15) is 5.10 Å². The SMILES string of the molecule is C[C@@H](SC1=Nc2ccccc2[C@H]2CC=NN12)C(=O)N1CCCC1. The average Bonchev–Trinajstić information content (AvgIpc) is 3.26. The molecule has 0 N–H and O–H groups in total. The molecular weight excluding hydrogens is 308 g/mol. The number of thioether (sulfide) groups is 1. The summed E-state index contributed by atoms with van der Waals surface area (Å²) in [7, 11) is 0. The molecule has 5 nitrogen and oxygen atoms in total. The first kappa shape index (κ1) is 14.8. The molecule has 1 amide bonds. The van der Waals surface area contributed by atoms with Crippen LogP contribution in [0.4, 0.5) is 5.69 Å². The Hall–Kier alpha value is -1.82. The van der Waals surface area contributed by atoms with E-state index >= 15 is 0 Å². The van der Waals surface area contributed by atoms with E-state index in [1.807, 2.05) is 41.2 Å². The predicted octanol–water partition coefficient (Wildman–Crippen LogP) is 3.16. The van der Waals surface area contributed by atoms with Crippen molar-refractivity contribution in [2.45, 2.75) is 37.5 Å². The van der Waals surface area contributed by atoms with Crippen LogP contribution >= 0.6 is 11.8 Å². The number of nitrogens with zero attached hydrogens (tertiary/aromatic N) is 4. The Balaban J connectivity index is 1.57. The van der Waals surface area contributed by atoms with Gasteiger partial charge in [0.2, 0.25) is 5.91 Å². The zero-order valence-electron chi connectivity index (χ0n) is 13.2. The lowest BCUT2D eigenvalue weighted by molar-refractivity contribution is -0.129. The third-order valence-electron chi connectivity index (χ3n) is 4.59. The molecule has 120 valence electrons. The molecule has 0 bridgehead atoms. The van der Waals surface area contributed by atoms with E-state index in [0.29, 0.717) is 0 Å². The maximum atomic E-state index is 12.5. The normalized spacial score (nSPS) is 23.5. The van der Waals surface area contributed by atoms with Crippen LogP contribution in [-0.4, -0.2) is 45.5 Å². The molecule has 1 aromatic carbocycles. The van der Waals surface area contributed by atoms with Crippen molar-refractivity contribution in [3.8, 4) is 0 Å². The van der Waals surface area contributed by atoms with Crippen LogP contribution in [0.15, 0.2) is 34.4 Å². The molecule has 0 spiro atoms. The largest absolute Gasteiger partial charge is 0.342 e. The molecule has 6 heteroatoms. The van der Waals surface area contributed by atoms with Gasteiger partial charge in [0.15, 0.2) is 5.17 Å². The maximum absolute atomic E-state index is 12.5. The van der Waals surface area contributed by atoms with E-state index in [0.717, 1.165) is 43.2 Å². The van der Waals surface area contributed by atoms with E-state index in [4.69, 9.17) is 4.99 Å². The van der Waals surface area contributed by atoms with Crippen molar-refractivity contribution in [2.24, 2.45) is 10.1 Å². The Kier molecular flexibility index (Phi) is 3.85. The quantitative estimate of drug-likeness (QED) is 0.838. The van der Waals surface area contributed by atoms with Crippen LogP contribution in [0.5, 0.6) is 0 Å². The lowest BCUT2D eigenvalue weighted by Gasteiger charge is -2.31. The van der Waals surface area contributed by atoms with Crippen LogP contribution in [0, 0.1) is 0 Å². The standard InChI is InChI=1S/C17H20N4OS/c1-12(16(22)20-10-4-5-11-20)23-17-19-14-7-3-2-6-13(14)15-8-9-18-21(15)17/h2-3,6-7,9,12,15H,4-5,8,10-11H2,1H3/t12-,15-/m1/s1. The number of para-hydroxylation sites is 1. The lowest BCUT2D eigenvalue weighted by atomic mass is 10.0. The highest BCUT2D eigenvalue weighted by Gasteiger charge is 2.35. The number of benzene rings is 1. The molecule has 3 heterocycles. The summed E-state index contributed by atoms with van der Waals surface area (Å²) < 4.78 is 0. The average molecular weight is 328 g/mol. The van der Waals surface area contributed by atoms with Gasteiger partial charge in [-0.1, -0.05) is 30.0 Å². The predicted molar refractivity (Wildman–Crippen MR) is 94.1 cm³/mol. The second-order valence-corrected chi connectivity index (χ2v) is 7.45. The van der Waals surface area contributed by atoms with Gasteiger partial charge in [0.25, 0.3) is 0 Å². The topological polar surface area (TPSA) is 48.3 Å². The summed E-state index contributed by atoms with van der Waals surface area (Å²) >= 11 is 1.53. The van der Waals surface area contributed by atoms with Gasteiger partial charge < -0.3 is 4.90 Å². The zero-order valence-corrected chi connectivity index (χ0v) is 14.0. The minimum Gasteiger partial charge on any atom is -0.342 e. The second-order valence-electron chi connectivity index (χ2n) is 6.14. The number of likely N-dealkylation sites (tertiary alicyclic amines) is 1. The summed E-state index contributed by atoms with van der Waals surface area (Å²) in [5, 5.41) is 7.16. The summed E-state index contributed by atoms with van der Waals surface area (Å²) in [6.45, 7) is 3.76. The molecule has 0 aromatic heterocycles. The van der Waals surface area contributed by atoms with E-state index in [-0.39, 0.29) is 17.2 Å². The van der Waals surface area contributed by atoms with E-state index < -0.39 is 0 Å². The third kappa shape index (κ3) is 2.65. The smallest absolute Gasteiger partial charge is 0.235 e. The van der Waals surface area contributed by atoms with E-state index in [1.54, 1.807) is 0 Å². The fourth-order valence-corrected chi connectivity index (χ4v) is 4.37. The first-order chi connectivity index (χ1) is 11.2. The fourth-order valence-electron chi connectivity index (χ4n) is 3.37. The number of carbonyl (C=O) groups excluding carboxylic acids is 1. The van der Waals surface area contributed by atoms with Crippen LogP contribution < -0.4 is 0 Å². The number of hydrazone groups is 1. The maximum Gasteiger partial charge on any atom is 0.235 e. The summed E-state index contributed by atoms with van der Waals surface area (Å²) in [4.78, 5) is 19.3. The van der Waals surface area contributed by atoms with E-state index in [2.05, 4.69) is 11.2 Å². The van der Waals surface area contributed by atoms with E-state index in [1.165, 1.54) is 17.3 Å². The molecule has 4 rings (SSSR count). The number of hydrogen-bond acceptors (Lipinski definition) is 5. The molecule has 0 aliphatic carbocycles. The molecule has 2 atom stereocenters. The van der Waals surface area contributed by atoms with Gasteiger partial charge in [0.05, 0.1) is 17.0 Å². The van der Waals surface area contributed by atoms with E-state index in [9.17, 15) is 4.79 Å². The van der Waals surface area contributed by atoms with Crippen LogP contribution in [0.2, 0.25) is 0 Å². The highest BCUT2D eigenvalue weighted by Crippen LogP contribution is 2.41. The van der Waals surface area contributed by atoms with Gasteiger partial charge in [-0.3, -0.25) is 4.79 Å². The number of aliphatic imine (C=N–C) groups is 1. The molecule has 1 fully saturated rings. The molecule has 3 aliphatic heterocycles. The summed E-state index contributed by atoms with van der Waals surface area (Å²) in [5.41, 5.74) is 2.22. The molecule has 0 saturated carbocycles. The zero-order chi connectivity index (χ0) is 15.8. The molecule has 0 radical (unpaired) electrons. The van der Waals surface area contributed by atoms with Crippen LogP contribution in [0.25, 0.3) is 0 Å². The van der Waals surface area contributed by atoms with Gasteiger partial charge in [-0.25, -0.2) is 10.0 Å².